The van der Waals surface area contributed by atoms with E-state index in [1.165, 1.54) is 0 Å². The fourth-order valence-electron chi connectivity index (χ4n) is 2.66. The molecular weight excluding hydrogens is 280 g/mol. The first-order valence-corrected chi connectivity index (χ1v) is 7.84. The fraction of sp³-hybridized carbons (Fsp3) is 0.588. The third-order valence-corrected chi connectivity index (χ3v) is 4.01. The number of aliphatic hydroxyl groups is 1. The van der Waals surface area contributed by atoms with Gasteiger partial charge in [-0.25, -0.2) is 0 Å². The van der Waals surface area contributed by atoms with E-state index < -0.39 is 6.10 Å². The van der Waals surface area contributed by atoms with Crippen LogP contribution in [0.4, 0.5) is 5.69 Å². The molecule has 5 heteroatoms. The van der Waals surface area contributed by atoms with E-state index in [4.69, 9.17) is 4.74 Å². The summed E-state index contributed by atoms with van der Waals surface area (Å²) in [6.07, 6.45) is 1.83. The Balaban J connectivity index is 2.04. The number of nitrogens with zero attached hydrogens (tertiary/aromatic N) is 1. The van der Waals surface area contributed by atoms with E-state index in [2.05, 4.69) is 5.32 Å². The first kappa shape index (κ1) is 16.8. The normalized spacial score (nSPS) is 21.1. The van der Waals surface area contributed by atoms with Gasteiger partial charge in [-0.15, -0.1) is 0 Å². The highest BCUT2D eigenvalue weighted by Gasteiger charge is 2.31. The van der Waals surface area contributed by atoms with Gasteiger partial charge in [-0.3, -0.25) is 4.79 Å². The van der Waals surface area contributed by atoms with Crippen molar-refractivity contribution in [3.8, 4) is 5.75 Å². The molecule has 1 saturated carbocycles. The molecule has 22 heavy (non-hydrogen) atoms. The lowest BCUT2D eigenvalue weighted by Gasteiger charge is -2.18. The smallest absolute Gasteiger partial charge is 0.230 e. The zero-order valence-corrected chi connectivity index (χ0v) is 13.6. The number of ether oxygens (including phenoxy) is 1. The molecule has 0 aromatic heterocycles. The summed E-state index contributed by atoms with van der Waals surface area (Å²) >= 11 is 0. The number of rotatable bonds is 6. The highest BCUT2D eigenvalue weighted by atomic mass is 16.5. The van der Waals surface area contributed by atoms with E-state index in [1.54, 1.807) is 0 Å². The van der Waals surface area contributed by atoms with Crippen molar-refractivity contribution in [2.24, 2.45) is 5.92 Å². The Morgan fingerprint density at radius 2 is 2.18 bits per heavy atom. The Kier molecular flexibility index (Phi) is 5.80. The Morgan fingerprint density at radius 3 is 2.82 bits per heavy atom. The first-order valence-electron chi connectivity index (χ1n) is 7.84. The molecule has 2 N–H and O–H groups in total. The predicted molar refractivity (Wildman–Crippen MR) is 87.2 cm³/mol. The van der Waals surface area contributed by atoms with Gasteiger partial charge in [-0.2, -0.15) is 0 Å². The largest absolute Gasteiger partial charge is 0.490 e. The van der Waals surface area contributed by atoms with E-state index >= 15 is 0 Å². The van der Waals surface area contributed by atoms with Crippen LogP contribution in [0, 0.1) is 12.8 Å². The molecule has 0 heterocycles. The van der Waals surface area contributed by atoms with Crippen LogP contribution in [0.25, 0.3) is 0 Å². The van der Waals surface area contributed by atoms with Gasteiger partial charge < -0.3 is 20.1 Å². The summed E-state index contributed by atoms with van der Waals surface area (Å²) in [6.45, 7) is 3.36. The van der Waals surface area contributed by atoms with Gasteiger partial charge in [0.1, 0.15) is 12.4 Å². The van der Waals surface area contributed by atoms with Crippen LogP contribution in [-0.2, 0) is 4.79 Å². The fourth-order valence-corrected chi connectivity index (χ4v) is 2.66. The predicted octanol–water partition coefficient (Wildman–Crippen LogP) is 2.03. The standard InChI is InChI=1S/C17H26N2O3/c1-12-7-8-14(16(11-12)22-10-9-19(2)3)18-17(21)13-5-4-6-15(13)20/h7-8,11,13,15,20H,4-6,9-10H2,1-3H3,(H,18,21). The zero-order valence-electron chi connectivity index (χ0n) is 13.6. The number of hydrogen-bond donors (Lipinski definition) is 2. The van der Waals surface area contributed by atoms with Crippen LogP contribution in [0.1, 0.15) is 24.8 Å². The minimum absolute atomic E-state index is 0.119. The maximum absolute atomic E-state index is 12.3. The molecule has 1 aromatic carbocycles. The van der Waals surface area contributed by atoms with Crippen molar-refractivity contribution >= 4 is 11.6 Å². The molecule has 122 valence electrons. The quantitative estimate of drug-likeness (QED) is 0.844. The molecule has 2 atom stereocenters. The molecule has 1 aliphatic rings. The molecule has 0 aliphatic heterocycles. The number of carbonyl (C=O) groups is 1. The number of hydrogen-bond acceptors (Lipinski definition) is 4. The molecule has 1 aromatic rings. The third-order valence-electron chi connectivity index (χ3n) is 4.01. The third kappa shape index (κ3) is 4.45. The summed E-state index contributed by atoms with van der Waals surface area (Å²) in [5, 5.41) is 12.8. The zero-order chi connectivity index (χ0) is 16.1. The van der Waals surface area contributed by atoms with Gasteiger partial charge in [0, 0.05) is 6.54 Å². The van der Waals surface area contributed by atoms with Crippen LogP contribution in [0.2, 0.25) is 0 Å². The minimum Gasteiger partial charge on any atom is -0.490 e. The summed E-state index contributed by atoms with van der Waals surface area (Å²) in [5.41, 5.74) is 1.76. The molecule has 0 spiro atoms. The number of aliphatic hydroxyl groups excluding tert-OH is 1. The number of nitrogens with one attached hydrogen (secondary N) is 1. The monoisotopic (exact) mass is 306 g/mol. The molecule has 2 rings (SSSR count). The highest BCUT2D eigenvalue weighted by Crippen LogP contribution is 2.30. The second-order valence-electron chi connectivity index (χ2n) is 6.25. The Morgan fingerprint density at radius 1 is 1.41 bits per heavy atom. The van der Waals surface area contributed by atoms with Crippen LogP contribution in [-0.4, -0.2) is 49.3 Å². The summed E-state index contributed by atoms with van der Waals surface area (Å²) < 4.78 is 5.80. The average molecular weight is 306 g/mol. The van der Waals surface area contributed by atoms with Crippen molar-refractivity contribution in [3.63, 3.8) is 0 Å². The summed E-state index contributed by atoms with van der Waals surface area (Å²) in [5.74, 6) is 0.255. The van der Waals surface area contributed by atoms with Gasteiger partial charge in [0.2, 0.25) is 5.91 Å². The minimum atomic E-state index is -0.524. The van der Waals surface area contributed by atoms with E-state index in [9.17, 15) is 9.90 Å². The lowest BCUT2D eigenvalue weighted by Crippen LogP contribution is -2.29. The summed E-state index contributed by atoms with van der Waals surface area (Å²) in [6, 6.07) is 5.73. The topological polar surface area (TPSA) is 61.8 Å². The van der Waals surface area contributed by atoms with Crippen LogP contribution in [0.3, 0.4) is 0 Å². The first-order chi connectivity index (χ1) is 10.5. The molecule has 0 saturated heterocycles. The van der Waals surface area contributed by atoms with Crippen LogP contribution < -0.4 is 10.1 Å². The maximum atomic E-state index is 12.3. The van der Waals surface area contributed by atoms with Gasteiger partial charge in [-0.05, 0) is 58.0 Å². The van der Waals surface area contributed by atoms with E-state index in [1.807, 2.05) is 44.1 Å². The van der Waals surface area contributed by atoms with Gasteiger partial charge in [0.05, 0.1) is 17.7 Å². The van der Waals surface area contributed by atoms with Gasteiger partial charge in [0.25, 0.3) is 0 Å². The van der Waals surface area contributed by atoms with Gasteiger partial charge >= 0.3 is 0 Å². The second kappa shape index (κ2) is 7.61. The summed E-state index contributed by atoms with van der Waals surface area (Å²) in [7, 11) is 3.98. The van der Waals surface area contributed by atoms with E-state index in [-0.39, 0.29) is 11.8 Å². The molecule has 1 aliphatic carbocycles. The van der Waals surface area contributed by atoms with Crippen LogP contribution in [0.15, 0.2) is 18.2 Å². The Bertz CT molecular complexity index is 517. The number of likely N-dealkylation sites (N-methyl/N-ethyl adjacent to an activating group) is 1. The lowest BCUT2D eigenvalue weighted by molar-refractivity contribution is -0.122. The number of carbonyl (C=O) groups excluding carboxylic acids is 1. The van der Waals surface area contributed by atoms with Crippen LogP contribution in [0.5, 0.6) is 5.75 Å². The molecule has 0 bridgehead atoms. The van der Waals surface area contributed by atoms with Crippen molar-refractivity contribution in [2.75, 3.05) is 32.6 Å². The van der Waals surface area contributed by atoms with E-state index in [0.29, 0.717) is 24.5 Å². The van der Waals surface area contributed by atoms with Crippen molar-refractivity contribution in [1.29, 1.82) is 0 Å². The number of anilines is 1. The second-order valence-corrected chi connectivity index (χ2v) is 6.25. The molecule has 0 radical (unpaired) electrons. The maximum Gasteiger partial charge on any atom is 0.230 e. The van der Waals surface area contributed by atoms with Crippen molar-refractivity contribution in [2.45, 2.75) is 32.3 Å². The number of amides is 1. The molecule has 5 nitrogen and oxygen atoms in total. The summed E-state index contributed by atoms with van der Waals surface area (Å²) in [4.78, 5) is 14.4. The number of aryl methyl sites for hydroxylation is 1. The van der Waals surface area contributed by atoms with Crippen molar-refractivity contribution in [3.05, 3.63) is 23.8 Å². The van der Waals surface area contributed by atoms with Gasteiger partial charge in [0.15, 0.2) is 0 Å². The SMILES string of the molecule is Cc1ccc(NC(=O)C2CCCC2O)c(OCCN(C)C)c1. The van der Waals surface area contributed by atoms with E-state index in [0.717, 1.165) is 24.9 Å². The molecular formula is C17H26N2O3. The van der Waals surface area contributed by atoms with Crippen molar-refractivity contribution < 1.29 is 14.6 Å². The molecule has 1 fully saturated rings. The highest BCUT2D eigenvalue weighted by molar-refractivity contribution is 5.94. The Labute approximate surface area is 132 Å². The number of benzene rings is 1. The lowest BCUT2D eigenvalue weighted by atomic mass is 10.0. The Hall–Kier alpha value is -1.59. The van der Waals surface area contributed by atoms with Crippen LogP contribution >= 0.6 is 0 Å². The molecule has 2 unspecified atom stereocenters. The van der Waals surface area contributed by atoms with Crippen molar-refractivity contribution in [1.82, 2.24) is 4.90 Å². The molecule has 1 amide bonds. The van der Waals surface area contributed by atoms with Gasteiger partial charge in [-0.1, -0.05) is 6.07 Å². The average Bonchev–Trinajstić information content (AvgIpc) is 2.87.